The van der Waals surface area contributed by atoms with Crippen LogP contribution in [0, 0.1) is 5.92 Å². The number of aryl methyl sites for hydroxylation is 1. The first-order valence-corrected chi connectivity index (χ1v) is 10.3. The van der Waals surface area contributed by atoms with Crippen LogP contribution in [0.2, 0.25) is 0 Å². The van der Waals surface area contributed by atoms with Gasteiger partial charge in [-0.1, -0.05) is 30.3 Å². The number of piperidine rings is 1. The van der Waals surface area contributed by atoms with E-state index in [-0.39, 0.29) is 6.61 Å². The summed E-state index contributed by atoms with van der Waals surface area (Å²) in [4.78, 5) is 2.56. The zero-order valence-electron chi connectivity index (χ0n) is 16.7. The lowest BCUT2D eigenvalue weighted by atomic mass is 9.93. The summed E-state index contributed by atoms with van der Waals surface area (Å²) >= 11 is 0. The van der Waals surface area contributed by atoms with Gasteiger partial charge in [-0.15, -0.1) is 0 Å². The number of nitrogens with zero attached hydrogens (tertiary/aromatic N) is 2. The minimum Gasteiger partial charge on any atom is -0.494 e. The van der Waals surface area contributed by atoms with Gasteiger partial charge in [0.25, 0.3) is 0 Å². The van der Waals surface area contributed by atoms with Crippen molar-refractivity contribution in [2.75, 3.05) is 19.7 Å². The number of likely N-dealkylation sites (tertiary alicyclic amines) is 1. The fourth-order valence-electron chi connectivity index (χ4n) is 4.24. The molecule has 1 aliphatic heterocycles. The normalized spacial score (nSPS) is 15.9. The van der Waals surface area contributed by atoms with Gasteiger partial charge in [0.05, 0.1) is 13.2 Å². The number of rotatable bonds is 7. The van der Waals surface area contributed by atoms with Gasteiger partial charge in [0.1, 0.15) is 5.75 Å². The molecule has 0 saturated carbocycles. The topological polar surface area (TPSA) is 37.6 Å². The van der Waals surface area contributed by atoms with Gasteiger partial charge >= 0.3 is 0 Å². The van der Waals surface area contributed by atoms with Gasteiger partial charge in [-0.2, -0.15) is 0 Å². The van der Waals surface area contributed by atoms with E-state index in [9.17, 15) is 5.11 Å². The van der Waals surface area contributed by atoms with Crippen LogP contribution in [0.15, 0.2) is 54.6 Å². The molecule has 4 nitrogen and oxygen atoms in total. The highest BCUT2D eigenvalue weighted by Crippen LogP contribution is 2.26. The maximum atomic E-state index is 9.42. The van der Waals surface area contributed by atoms with Crippen molar-refractivity contribution < 1.29 is 9.84 Å². The Morgan fingerprint density at radius 3 is 2.57 bits per heavy atom. The molecule has 0 atom stereocenters. The molecule has 1 N–H and O–H groups in total. The zero-order valence-corrected chi connectivity index (χ0v) is 16.7. The summed E-state index contributed by atoms with van der Waals surface area (Å²) in [6.45, 7) is 4.26. The Kier molecular flexibility index (Phi) is 5.98. The van der Waals surface area contributed by atoms with E-state index in [0.29, 0.717) is 0 Å². The van der Waals surface area contributed by atoms with E-state index in [4.69, 9.17) is 4.74 Å². The second kappa shape index (κ2) is 8.80. The Balaban J connectivity index is 1.23. The van der Waals surface area contributed by atoms with E-state index in [1.807, 2.05) is 23.7 Å². The monoisotopic (exact) mass is 378 g/mol. The second-order valence-corrected chi connectivity index (χ2v) is 7.92. The molecule has 1 aromatic heterocycles. The summed E-state index contributed by atoms with van der Waals surface area (Å²) in [5, 5.41) is 10.5. The molecule has 2 aromatic carbocycles. The summed E-state index contributed by atoms with van der Waals surface area (Å²) in [6, 6.07) is 19.0. The molecule has 0 aliphatic carbocycles. The molecule has 1 fully saturated rings. The van der Waals surface area contributed by atoms with Crippen molar-refractivity contribution in [3.05, 3.63) is 65.9 Å². The summed E-state index contributed by atoms with van der Waals surface area (Å²) in [5.41, 5.74) is 3.46. The quantitative estimate of drug-likeness (QED) is 0.664. The Hall–Kier alpha value is -2.30. The van der Waals surface area contributed by atoms with Gasteiger partial charge in [-0.3, -0.25) is 4.90 Å². The minimum atomic E-state index is 0.0599. The van der Waals surface area contributed by atoms with Crippen molar-refractivity contribution in [1.82, 2.24) is 9.47 Å². The number of aliphatic hydroxyl groups excluding tert-OH is 1. The molecule has 0 bridgehead atoms. The molecule has 0 radical (unpaired) electrons. The van der Waals surface area contributed by atoms with E-state index in [0.717, 1.165) is 47.8 Å². The van der Waals surface area contributed by atoms with Crippen LogP contribution in [-0.4, -0.2) is 34.3 Å². The molecule has 1 aliphatic rings. The van der Waals surface area contributed by atoms with Crippen LogP contribution in [0.1, 0.15) is 30.5 Å². The maximum Gasteiger partial charge on any atom is 0.120 e. The molecule has 148 valence electrons. The first kappa shape index (κ1) is 19.0. The van der Waals surface area contributed by atoms with Crippen LogP contribution >= 0.6 is 0 Å². The van der Waals surface area contributed by atoms with Crippen molar-refractivity contribution in [3.63, 3.8) is 0 Å². The highest BCUT2D eigenvalue weighted by Gasteiger charge is 2.19. The fraction of sp³-hybridized carbons (Fsp3) is 0.417. The molecule has 4 heteroatoms. The van der Waals surface area contributed by atoms with Crippen LogP contribution in [0.4, 0.5) is 0 Å². The molecule has 2 heterocycles. The lowest BCUT2D eigenvalue weighted by Crippen LogP contribution is -2.33. The van der Waals surface area contributed by atoms with Crippen LogP contribution in [0.5, 0.6) is 5.75 Å². The van der Waals surface area contributed by atoms with Crippen LogP contribution in [-0.2, 0) is 20.2 Å². The number of benzene rings is 2. The number of hydrogen-bond acceptors (Lipinski definition) is 3. The minimum absolute atomic E-state index is 0.0599. The lowest BCUT2D eigenvalue weighted by molar-refractivity contribution is 0.157. The summed E-state index contributed by atoms with van der Waals surface area (Å²) in [5.74, 6) is 1.68. The van der Waals surface area contributed by atoms with Gasteiger partial charge in [-0.05, 0) is 68.1 Å². The van der Waals surface area contributed by atoms with E-state index in [1.54, 1.807) is 0 Å². The smallest absolute Gasteiger partial charge is 0.120 e. The molecule has 0 unspecified atom stereocenters. The first-order chi connectivity index (χ1) is 13.7. The average molecular weight is 379 g/mol. The van der Waals surface area contributed by atoms with E-state index < -0.39 is 0 Å². The number of aromatic nitrogens is 1. The molecule has 4 rings (SSSR count). The Labute approximate surface area is 167 Å². The van der Waals surface area contributed by atoms with E-state index in [2.05, 4.69) is 47.4 Å². The Morgan fingerprint density at radius 1 is 1.04 bits per heavy atom. The van der Waals surface area contributed by atoms with E-state index >= 15 is 0 Å². The first-order valence-electron chi connectivity index (χ1n) is 10.3. The lowest BCUT2D eigenvalue weighted by Gasteiger charge is -2.32. The molecule has 3 aromatic rings. The number of aliphatic hydroxyl groups is 1. The number of fused-ring (bicyclic) bond motifs is 1. The largest absolute Gasteiger partial charge is 0.494 e. The second-order valence-electron chi connectivity index (χ2n) is 7.92. The molecule has 1 saturated heterocycles. The average Bonchev–Trinajstić information content (AvgIpc) is 3.05. The highest BCUT2D eigenvalue weighted by molar-refractivity contribution is 5.82. The number of ether oxygens (including phenoxy) is 1. The predicted octanol–water partition coefficient (Wildman–Crippen LogP) is 4.35. The Morgan fingerprint density at radius 2 is 1.82 bits per heavy atom. The van der Waals surface area contributed by atoms with Gasteiger partial charge in [0.2, 0.25) is 0 Å². The van der Waals surface area contributed by atoms with Gasteiger partial charge in [0, 0.05) is 30.2 Å². The summed E-state index contributed by atoms with van der Waals surface area (Å²) in [7, 11) is 1.98. The van der Waals surface area contributed by atoms with Gasteiger partial charge < -0.3 is 14.4 Å². The van der Waals surface area contributed by atoms with Crippen molar-refractivity contribution >= 4 is 10.9 Å². The predicted molar refractivity (Wildman–Crippen MR) is 113 cm³/mol. The van der Waals surface area contributed by atoms with Crippen LogP contribution in [0.3, 0.4) is 0 Å². The molecular weight excluding hydrogens is 348 g/mol. The van der Waals surface area contributed by atoms with Gasteiger partial charge in [0.15, 0.2) is 0 Å². The molecule has 0 spiro atoms. The van der Waals surface area contributed by atoms with Crippen LogP contribution < -0.4 is 4.74 Å². The SMILES string of the molecule is Cn1c(CO)cc2cc(OCCC3CCN(Cc4ccccc4)CC3)ccc21. The number of hydrogen-bond donors (Lipinski definition) is 1. The van der Waals surface area contributed by atoms with Crippen LogP contribution in [0.25, 0.3) is 10.9 Å². The summed E-state index contributed by atoms with van der Waals surface area (Å²) < 4.78 is 8.07. The standard InChI is InChI=1S/C24H30N2O2/c1-25-22(18-27)15-21-16-23(7-8-24(21)25)28-14-11-19-9-12-26(13-10-19)17-20-5-3-2-4-6-20/h2-8,15-16,19,27H,9-14,17-18H2,1H3. The zero-order chi connectivity index (χ0) is 19.3. The molecular formula is C24H30N2O2. The van der Waals surface area contributed by atoms with Gasteiger partial charge in [-0.25, -0.2) is 0 Å². The summed E-state index contributed by atoms with van der Waals surface area (Å²) in [6.07, 6.45) is 3.63. The third kappa shape index (κ3) is 4.40. The van der Waals surface area contributed by atoms with E-state index in [1.165, 1.54) is 31.5 Å². The molecule has 28 heavy (non-hydrogen) atoms. The maximum absolute atomic E-state index is 9.42. The third-order valence-corrected chi connectivity index (χ3v) is 6.03. The highest BCUT2D eigenvalue weighted by atomic mass is 16.5. The van der Waals surface area contributed by atoms with Crippen molar-refractivity contribution in [2.45, 2.75) is 32.4 Å². The van der Waals surface area contributed by atoms with Crippen molar-refractivity contribution in [1.29, 1.82) is 0 Å². The van der Waals surface area contributed by atoms with Crippen molar-refractivity contribution in [2.24, 2.45) is 13.0 Å². The molecule has 0 amide bonds. The Bertz CT molecular complexity index is 896. The third-order valence-electron chi connectivity index (χ3n) is 6.03. The fourth-order valence-corrected chi connectivity index (χ4v) is 4.24. The van der Waals surface area contributed by atoms with Crippen molar-refractivity contribution in [3.8, 4) is 5.75 Å².